The highest BCUT2D eigenvalue weighted by Crippen LogP contribution is 2.29. The second-order valence-corrected chi connectivity index (χ2v) is 9.07. The number of nitro groups is 1. The normalized spacial score (nSPS) is 13.1. The van der Waals surface area contributed by atoms with Crippen molar-refractivity contribution in [3.05, 3.63) is 73.9 Å². The fraction of sp³-hybridized carbons (Fsp3) is 0.375. The molecular weight excluding hydrogens is 394 g/mol. The van der Waals surface area contributed by atoms with Gasteiger partial charge in [0.15, 0.2) is 4.80 Å². The fourth-order valence-electron chi connectivity index (χ4n) is 3.48. The summed E-state index contributed by atoms with van der Waals surface area (Å²) in [5, 5.41) is 13.3. The van der Waals surface area contributed by atoms with Crippen LogP contribution in [-0.2, 0) is 0 Å². The lowest BCUT2D eigenvalue weighted by molar-refractivity contribution is -0.384. The summed E-state index contributed by atoms with van der Waals surface area (Å²) in [6.45, 7) is 10.9. The summed E-state index contributed by atoms with van der Waals surface area (Å²) >= 11 is 1.58. The highest BCUT2D eigenvalue weighted by atomic mass is 32.1. The first-order valence-electron chi connectivity index (χ1n) is 10.3. The maximum Gasteiger partial charge on any atom is 0.270 e. The van der Waals surface area contributed by atoms with Crippen LogP contribution in [0.4, 0.5) is 11.4 Å². The van der Waals surface area contributed by atoms with Crippen LogP contribution >= 0.6 is 11.3 Å². The Bertz CT molecular complexity index is 1110. The fourth-order valence-corrected chi connectivity index (χ4v) is 4.49. The molecular formula is C24H29N3O2S. The van der Waals surface area contributed by atoms with E-state index in [9.17, 15) is 10.1 Å². The number of hydrogen-bond acceptors (Lipinski definition) is 4. The standard InChI is InChI=1S/C24H29N3O2S/c1-16(2)12-13-18(4)26-23(20-9-7-10-21(14-20)27(28)29)15-30-24(26)25-22-11-6-8-17(3)19(22)5/h6-11,14-16,18H,12-13H2,1-5H3. The van der Waals surface area contributed by atoms with Gasteiger partial charge < -0.3 is 4.57 Å². The maximum absolute atomic E-state index is 11.3. The average Bonchev–Trinajstić information content (AvgIpc) is 3.13. The van der Waals surface area contributed by atoms with Crippen LogP contribution in [0.2, 0.25) is 0 Å². The van der Waals surface area contributed by atoms with Gasteiger partial charge in [0.2, 0.25) is 0 Å². The number of non-ortho nitro benzene ring substituents is 1. The molecule has 158 valence electrons. The summed E-state index contributed by atoms with van der Waals surface area (Å²) in [6, 6.07) is 13.3. The van der Waals surface area contributed by atoms with Crippen molar-refractivity contribution in [3.63, 3.8) is 0 Å². The molecule has 0 aliphatic heterocycles. The molecule has 0 fully saturated rings. The molecule has 0 aliphatic rings. The molecule has 1 heterocycles. The Morgan fingerprint density at radius 3 is 2.53 bits per heavy atom. The molecule has 3 aromatic rings. The molecule has 0 saturated heterocycles. The first kappa shape index (κ1) is 22.0. The summed E-state index contributed by atoms with van der Waals surface area (Å²) in [5.74, 6) is 0.618. The summed E-state index contributed by atoms with van der Waals surface area (Å²) < 4.78 is 2.24. The van der Waals surface area contributed by atoms with Gasteiger partial charge in [-0.1, -0.05) is 38.1 Å². The van der Waals surface area contributed by atoms with Crippen molar-refractivity contribution in [1.82, 2.24) is 4.57 Å². The molecule has 0 bridgehead atoms. The zero-order valence-corrected chi connectivity index (χ0v) is 19.1. The van der Waals surface area contributed by atoms with Crippen LogP contribution in [0, 0.1) is 29.9 Å². The van der Waals surface area contributed by atoms with E-state index in [1.807, 2.05) is 18.2 Å². The van der Waals surface area contributed by atoms with Crippen molar-refractivity contribution in [3.8, 4) is 11.3 Å². The predicted octanol–water partition coefficient (Wildman–Crippen LogP) is 6.97. The van der Waals surface area contributed by atoms with Gasteiger partial charge in [0.05, 0.1) is 16.3 Å². The Morgan fingerprint density at radius 2 is 1.83 bits per heavy atom. The van der Waals surface area contributed by atoms with E-state index in [4.69, 9.17) is 4.99 Å². The highest BCUT2D eigenvalue weighted by molar-refractivity contribution is 7.07. The molecule has 0 spiro atoms. The van der Waals surface area contributed by atoms with Crippen molar-refractivity contribution in [2.75, 3.05) is 0 Å². The van der Waals surface area contributed by atoms with E-state index in [1.165, 1.54) is 17.2 Å². The lowest BCUT2D eigenvalue weighted by Gasteiger charge is -2.18. The van der Waals surface area contributed by atoms with E-state index in [1.54, 1.807) is 23.5 Å². The number of nitro benzene ring substituents is 1. The van der Waals surface area contributed by atoms with Crippen LogP contribution in [0.1, 0.15) is 50.8 Å². The zero-order valence-electron chi connectivity index (χ0n) is 18.3. The first-order chi connectivity index (χ1) is 14.3. The molecule has 0 N–H and O–H groups in total. The lowest BCUT2D eigenvalue weighted by Crippen LogP contribution is -2.20. The van der Waals surface area contributed by atoms with E-state index in [2.05, 4.69) is 50.6 Å². The smallest absolute Gasteiger partial charge is 0.270 e. The van der Waals surface area contributed by atoms with Gasteiger partial charge >= 0.3 is 0 Å². The molecule has 1 unspecified atom stereocenters. The molecule has 30 heavy (non-hydrogen) atoms. The van der Waals surface area contributed by atoms with Crippen molar-refractivity contribution in [1.29, 1.82) is 0 Å². The quantitative estimate of drug-likeness (QED) is 0.304. The van der Waals surface area contributed by atoms with Crippen LogP contribution < -0.4 is 4.80 Å². The molecule has 0 amide bonds. The second kappa shape index (κ2) is 9.39. The molecule has 6 heteroatoms. The Hall–Kier alpha value is -2.73. The van der Waals surface area contributed by atoms with Gasteiger partial charge in [-0.15, -0.1) is 11.3 Å². The second-order valence-electron chi connectivity index (χ2n) is 8.23. The van der Waals surface area contributed by atoms with Gasteiger partial charge in [-0.05, 0) is 56.7 Å². The van der Waals surface area contributed by atoms with Gasteiger partial charge in [0, 0.05) is 29.1 Å². The lowest BCUT2D eigenvalue weighted by atomic mass is 10.0. The number of benzene rings is 2. The van der Waals surface area contributed by atoms with E-state index in [-0.39, 0.29) is 16.7 Å². The third-order valence-electron chi connectivity index (χ3n) is 5.49. The van der Waals surface area contributed by atoms with Crippen molar-refractivity contribution >= 4 is 22.7 Å². The number of rotatable bonds is 7. The molecule has 2 aromatic carbocycles. The third-order valence-corrected chi connectivity index (χ3v) is 6.33. The van der Waals surface area contributed by atoms with Crippen LogP contribution in [0.3, 0.4) is 0 Å². The van der Waals surface area contributed by atoms with Crippen LogP contribution in [0.15, 0.2) is 52.8 Å². The van der Waals surface area contributed by atoms with Gasteiger partial charge in [-0.2, -0.15) is 0 Å². The SMILES string of the molecule is Cc1cccc(N=c2scc(-c3cccc([N+](=O)[O-])c3)n2C(C)CCC(C)C)c1C. The maximum atomic E-state index is 11.3. The molecule has 3 rings (SSSR count). The van der Waals surface area contributed by atoms with Gasteiger partial charge in [-0.3, -0.25) is 10.1 Å². The minimum atomic E-state index is -0.343. The summed E-state index contributed by atoms with van der Waals surface area (Å²) in [4.78, 5) is 16.9. The van der Waals surface area contributed by atoms with Crippen LogP contribution in [0.25, 0.3) is 11.3 Å². The van der Waals surface area contributed by atoms with Gasteiger partial charge in [0.1, 0.15) is 0 Å². The van der Waals surface area contributed by atoms with Crippen molar-refractivity contribution in [2.45, 2.75) is 53.5 Å². The number of aryl methyl sites for hydroxylation is 1. The topological polar surface area (TPSA) is 60.4 Å². The van der Waals surface area contributed by atoms with Crippen molar-refractivity contribution < 1.29 is 4.92 Å². The van der Waals surface area contributed by atoms with E-state index in [0.717, 1.165) is 34.6 Å². The van der Waals surface area contributed by atoms with E-state index >= 15 is 0 Å². The first-order valence-corrected chi connectivity index (χ1v) is 11.2. The minimum absolute atomic E-state index is 0.105. The number of hydrogen-bond donors (Lipinski definition) is 0. The van der Waals surface area contributed by atoms with Crippen molar-refractivity contribution in [2.24, 2.45) is 10.9 Å². The molecule has 5 nitrogen and oxygen atoms in total. The predicted molar refractivity (Wildman–Crippen MR) is 124 cm³/mol. The van der Waals surface area contributed by atoms with Crippen LogP contribution in [0.5, 0.6) is 0 Å². The van der Waals surface area contributed by atoms with E-state index in [0.29, 0.717) is 5.92 Å². The minimum Gasteiger partial charge on any atom is -0.314 e. The summed E-state index contributed by atoms with van der Waals surface area (Å²) in [7, 11) is 0. The average molecular weight is 424 g/mol. The van der Waals surface area contributed by atoms with Crippen LogP contribution in [-0.4, -0.2) is 9.49 Å². The Morgan fingerprint density at radius 1 is 1.10 bits per heavy atom. The zero-order chi connectivity index (χ0) is 21.8. The highest BCUT2D eigenvalue weighted by Gasteiger charge is 2.17. The number of aromatic nitrogens is 1. The monoisotopic (exact) mass is 423 g/mol. The Labute approximate surface area is 181 Å². The molecule has 0 radical (unpaired) electrons. The van der Waals surface area contributed by atoms with Gasteiger partial charge in [-0.25, -0.2) is 4.99 Å². The summed E-state index contributed by atoms with van der Waals surface area (Å²) in [5.41, 5.74) is 5.28. The Kier molecular flexibility index (Phi) is 6.87. The van der Waals surface area contributed by atoms with E-state index < -0.39 is 0 Å². The Balaban J connectivity index is 2.17. The third kappa shape index (κ3) is 4.87. The molecule has 1 atom stereocenters. The number of thiazole rings is 1. The molecule has 0 saturated carbocycles. The molecule has 0 aliphatic carbocycles. The molecule has 1 aromatic heterocycles. The number of nitrogens with zero attached hydrogens (tertiary/aromatic N) is 3. The largest absolute Gasteiger partial charge is 0.314 e. The van der Waals surface area contributed by atoms with Gasteiger partial charge in [0.25, 0.3) is 5.69 Å². The summed E-state index contributed by atoms with van der Waals surface area (Å²) in [6.07, 6.45) is 2.14.